The van der Waals surface area contributed by atoms with Gasteiger partial charge in [0.05, 0.1) is 27.6 Å². The van der Waals surface area contributed by atoms with E-state index in [1.165, 1.54) is 65.9 Å². The summed E-state index contributed by atoms with van der Waals surface area (Å²) in [6.07, 6.45) is 0. The van der Waals surface area contributed by atoms with E-state index in [2.05, 4.69) is 137 Å². The number of aromatic nitrogens is 3. The lowest BCUT2D eigenvalue weighted by atomic mass is 9.90. The van der Waals surface area contributed by atoms with Gasteiger partial charge >= 0.3 is 0 Å². The number of aryl methyl sites for hydroxylation is 1. The monoisotopic (exact) mass is 497 g/mol. The van der Waals surface area contributed by atoms with E-state index >= 15 is 0 Å². The zero-order valence-electron chi connectivity index (χ0n) is 21.4. The van der Waals surface area contributed by atoms with Crippen LogP contribution in [0.3, 0.4) is 0 Å². The first-order valence-corrected chi connectivity index (χ1v) is 13.4. The van der Waals surface area contributed by atoms with Crippen LogP contribution in [0.5, 0.6) is 0 Å². The Labute approximate surface area is 224 Å². The predicted molar refractivity (Wildman–Crippen MR) is 163 cm³/mol. The molecule has 3 heteroatoms. The molecule has 0 aliphatic rings. The molecule has 0 atom stereocenters. The van der Waals surface area contributed by atoms with E-state index < -0.39 is 0 Å². The Kier molecular flexibility index (Phi) is 3.99. The Balaban J connectivity index is 1.51. The molecule has 182 valence electrons. The first-order valence-electron chi connectivity index (χ1n) is 13.4. The molecule has 0 unspecified atom stereocenters. The molecule has 0 bridgehead atoms. The molecular formula is C36H23N3. The number of nitrogens with zero attached hydrogens (tertiary/aromatic N) is 3. The van der Waals surface area contributed by atoms with Crippen molar-refractivity contribution in [1.82, 2.24) is 13.8 Å². The summed E-state index contributed by atoms with van der Waals surface area (Å²) < 4.78 is 4.71. The summed E-state index contributed by atoms with van der Waals surface area (Å²) in [4.78, 5) is 5.15. The molecule has 0 spiro atoms. The van der Waals surface area contributed by atoms with Crippen LogP contribution in [0.4, 0.5) is 0 Å². The minimum absolute atomic E-state index is 0.965. The van der Waals surface area contributed by atoms with Gasteiger partial charge in [-0.25, -0.2) is 4.98 Å². The van der Waals surface area contributed by atoms with Crippen molar-refractivity contribution >= 4 is 54.9 Å². The van der Waals surface area contributed by atoms with Crippen molar-refractivity contribution in [3.8, 4) is 22.3 Å². The topological polar surface area (TPSA) is 21.7 Å². The number of para-hydroxylation sites is 2. The molecule has 9 rings (SSSR count). The zero-order chi connectivity index (χ0) is 25.7. The summed E-state index contributed by atoms with van der Waals surface area (Å²) in [5.41, 5.74) is 12.0. The van der Waals surface area contributed by atoms with Crippen LogP contribution >= 0.6 is 0 Å². The Morgan fingerprint density at radius 1 is 0.538 bits per heavy atom. The Morgan fingerprint density at radius 3 is 2.18 bits per heavy atom. The third-order valence-corrected chi connectivity index (χ3v) is 8.34. The second-order valence-corrected chi connectivity index (χ2v) is 10.5. The van der Waals surface area contributed by atoms with E-state index in [1.54, 1.807) is 0 Å². The Morgan fingerprint density at radius 2 is 1.31 bits per heavy atom. The van der Waals surface area contributed by atoms with E-state index in [1.807, 2.05) is 0 Å². The van der Waals surface area contributed by atoms with Crippen molar-refractivity contribution in [3.05, 3.63) is 127 Å². The van der Waals surface area contributed by atoms with Gasteiger partial charge in [0.2, 0.25) is 5.78 Å². The van der Waals surface area contributed by atoms with Gasteiger partial charge in [-0.15, -0.1) is 0 Å². The van der Waals surface area contributed by atoms with Gasteiger partial charge in [0.15, 0.2) is 0 Å². The fourth-order valence-electron chi connectivity index (χ4n) is 6.64. The van der Waals surface area contributed by atoms with Gasteiger partial charge < -0.3 is 0 Å². The van der Waals surface area contributed by atoms with E-state index in [4.69, 9.17) is 4.98 Å². The van der Waals surface area contributed by atoms with Crippen molar-refractivity contribution in [1.29, 1.82) is 0 Å². The van der Waals surface area contributed by atoms with Crippen molar-refractivity contribution in [2.24, 2.45) is 0 Å². The minimum atomic E-state index is 0.965. The molecule has 9 aromatic rings. The van der Waals surface area contributed by atoms with E-state index in [0.29, 0.717) is 0 Å². The normalized spacial score (nSPS) is 12.2. The van der Waals surface area contributed by atoms with Crippen LogP contribution in [-0.4, -0.2) is 13.8 Å². The van der Waals surface area contributed by atoms with Crippen molar-refractivity contribution in [3.63, 3.8) is 0 Å². The molecule has 0 saturated carbocycles. The van der Waals surface area contributed by atoms with E-state index in [9.17, 15) is 0 Å². The molecule has 0 radical (unpaired) electrons. The third kappa shape index (κ3) is 2.74. The van der Waals surface area contributed by atoms with Gasteiger partial charge in [0.1, 0.15) is 0 Å². The zero-order valence-corrected chi connectivity index (χ0v) is 21.4. The number of fused-ring (bicyclic) bond motifs is 9. The number of hydrogen-bond acceptors (Lipinski definition) is 1. The molecule has 0 N–H and O–H groups in total. The Hall–Kier alpha value is -5.15. The highest BCUT2D eigenvalue weighted by molar-refractivity contribution is 6.20. The van der Waals surface area contributed by atoms with E-state index in [-0.39, 0.29) is 0 Å². The maximum Gasteiger partial charge on any atom is 0.220 e. The molecule has 0 saturated heterocycles. The molecule has 0 aliphatic heterocycles. The summed E-state index contributed by atoms with van der Waals surface area (Å²) in [7, 11) is 0. The quantitative estimate of drug-likeness (QED) is 0.233. The molecule has 3 aromatic heterocycles. The summed E-state index contributed by atoms with van der Waals surface area (Å²) in [6.45, 7) is 2.22. The van der Waals surface area contributed by atoms with Crippen LogP contribution in [0.2, 0.25) is 0 Å². The molecule has 3 nitrogen and oxygen atoms in total. The van der Waals surface area contributed by atoms with Crippen LogP contribution in [0.1, 0.15) is 5.56 Å². The van der Waals surface area contributed by atoms with Gasteiger partial charge in [-0.2, -0.15) is 0 Å². The first-order chi connectivity index (χ1) is 19.3. The lowest BCUT2D eigenvalue weighted by Crippen LogP contribution is -1.90. The van der Waals surface area contributed by atoms with E-state index in [0.717, 1.165) is 16.8 Å². The second-order valence-electron chi connectivity index (χ2n) is 10.5. The van der Waals surface area contributed by atoms with Crippen LogP contribution in [0, 0.1) is 6.92 Å². The second kappa shape index (κ2) is 7.46. The van der Waals surface area contributed by atoms with Crippen molar-refractivity contribution in [2.45, 2.75) is 6.92 Å². The molecule has 0 fully saturated rings. The highest BCUT2D eigenvalue weighted by Crippen LogP contribution is 2.43. The molecule has 6 aromatic carbocycles. The smallest absolute Gasteiger partial charge is 0.220 e. The van der Waals surface area contributed by atoms with Crippen LogP contribution in [0.15, 0.2) is 121 Å². The lowest BCUT2D eigenvalue weighted by Gasteiger charge is -2.14. The summed E-state index contributed by atoms with van der Waals surface area (Å²) in [5.74, 6) is 0.965. The molecule has 39 heavy (non-hydrogen) atoms. The molecule has 3 heterocycles. The summed E-state index contributed by atoms with van der Waals surface area (Å²) >= 11 is 0. The maximum atomic E-state index is 5.15. The third-order valence-electron chi connectivity index (χ3n) is 8.34. The minimum Gasteiger partial charge on any atom is -0.277 e. The van der Waals surface area contributed by atoms with Gasteiger partial charge in [-0.1, -0.05) is 84.9 Å². The highest BCUT2D eigenvalue weighted by atomic mass is 15.2. The molecule has 0 aliphatic carbocycles. The van der Waals surface area contributed by atoms with Crippen molar-refractivity contribution in [2.75, 3.05) is 0 Å². The SMILES string of the molecule is Cc1cccc(-c2ccccc2)c1-c1cc2c3cc4ccccc4cc3n3c2c(c1)n1c2ccccc2nc13. The molecular weight excluding hydrogens is 474 g/mol. The lowest BCUT2D eigenvalue weighted by molar-refractivity contribution is 1.22. The van der Waals surface area contributed by atoms with Gasteiger partial charge in [-0.05, 0) is 81.9 Å². The summed E-state index contributed by atoms with van der Waals surface area (Å²) in [6, 6.07) is 43.9. The summed E-state index contributed by atoms with van der Waals surface area (Å²) in [5, 5.41) is 5.02. The number of hydrogen-bond donors (Lipinski definition) is 0. The fraction of sp³-hybridized carbons (Fsp3) is 0.0278. The predicted octanol–water partition coefficient (Wildman–Crippen LogP) is 9.28. The van der Waals surface area contributed by atoms with Crippen LogP contribution in [-0.2, 0) is 0 Å². The van der Waals surface area contributed by atoms with Crippen LogP contribution in [0.25, 0.3) is 77.2 Å². The first kappa shape index (κ1) is 20.9. The van der Waals surface area contributed by atoms with Gasteiger partial charge in [-0.3, -0.25) is 8.80 Å². The largest absolute Gasteiger partial charge is 0.277 e. The maximum absolute atomic E-state index is 5.15. The fourth-order valence-corrected chi connectivity index (χ4v) is 6.64. The average Bonchev–Trinajstić information content (AvgIpc) is 3.61. The number of imidazole rings is 2. The highest BCUT2D eigenvalue weighted by Gasteiger charge is 2.23. The van der Waals surface area contributed by atoms with Gasteiger partial charge in [0.25, 0.3) is 0 Å². The van der Waals surface area contributed by atoms with Crippen molar-refractivity contribution < 1.29 is 0 Å². The van der Waals surface area contributed by atoms with Crippen LogP contribution < -0.4 is 0 Å². The van der Waals surface area contributed by atoms with Gasteiger partial charge in [0, 0.05) is 10.8 Å². The number of benzene rings is 6. The Bertz CT molecular complexity index is 2390. The number of rotatable bonds is 2. The standard InChI is InChI=1S/C36H23N3/c1-22-10-9-15-27(23-11-3-2-4-12-23)34(22)26-19-29-28-18-24-13-5-6-14-25(24)20-32(28)39-35(29)33(21-26)38-31-17-8-7-16-30(31)37-36(38)39/h2-21H,1H3. The molecule has 0 amide bonds. The average molecular weight is 498 g/mol.